The molecule has 0 saturated carbocycles. The van der Waals surface area contributed by atoms with Gasteiger partial charge in [-0.3, -0.25) is 9.69 Å². The summed E-state index contributed by atoms with van der Waals surface area (Å²) in [6.07, 6.45) is 1.75. The fourth-order valence-electron chi connectivity index (χ4n) is 5.37. The van der Waals surface area contributed by atoms with Crippen molar-refractivity contribution >= 4 is 12.0 Å². The maximum Gasteiger partial charge on any atom is 0.410 e. The molecule has 0 unspecified atom stereocenters. The standard InChI is InChI=1S/C26H30N2O4/c1-20-7-9-22(10-8-20)26(12-15-31-16-13-26)23(29)27-14-11-25(18-27)19-28(24(30)32-25)17-21-5-3-2-4-6-21/h2-10H,11-19H2,1H3/t25-/m1/s1. The molecular weight excluding hydrogens is 404 g/mol. The predicted molar refractivity (Wildman–Crippen MR) is 120 cm³/mol. The third-order valence-electron chi connectivity index (χ3n) is 7.22. The van der Waals surface area contributed by atoms with E-state index >= 15 is 0 Å². The lowest BCUT2D eigenvalue weighted by molar-refractivity contribution is -0.141. The van der Waals surface area contributed by atoms with Crippen molar-refractivity contribution in [3.8, 4) is 0 Å². The van der Waals surface area contributed by atoms with Crippen LogP contribution in [-0.2, 0) is 26.2 Å². The fourth-order valence-corrected chi connectivity index (χ4v) is 5.37. The van der Waals surface area contributed by atoms with E-state index in [0.717, 1.165) is 11.1 Å². The van der Waals surface area contributed by atoms with Gasteiger partial charge in [-0.05, 0) is 30.9 Å². The number of hydrogen-bond donors (Lipinski definition) is 0. The van der Waals surface area contributed by atoms with Gasteiger partial charge in [0, 0.05) is 32.7 Å². The molecule has 3 saturated heterocycles. The molecule has 3 aliphatic rings. The molecule has 2 aromatic carbocycles. The fraction of sp³-hybridized carbons (Fsp3) is 0.462. The van der Waals surface area contributed by atoms with Crippen LogP contribution >= 0.6 is 0 Å². The maximum atomic E-state index is 13.9. The summed E-state index contributed by atoms with van der Waals surface area (Å²) in [5, 5.41) is 0. The molecule has 3 fully saturated rings. The van der Waals surface area contributed by atoms with E-state index in [4.69, 9.17) is 9.47 Å². The average Bonchev–Trinajstić information content (AvgIpc) is 3.36. The monoisotopic (exact) mass is 434 g/mol. The molecule has 0 N–H and O–H groups in total. The zero-order chi connectivity index (χ0) is 22.2. The van der Waals surface area contributed by atoms with Gasteiger partial charge in [-0.15, -0.1) is 0 Å². The van der Waals surface area contributed by atoms with Gasteiger partial charge < -0.3 is 14.4 Å². The van der Waals surface area contributed by atoms with Gasteiger partial charge in [-0.2, -0.15) is 0 Å². The van der Waals surface area contributed by atoms with E-state index in [1.807, 2.05) is 35.2 Å². The highest BCUT2D eigenvalue weighted by Gasteiger charge is 2.53. The lowest BCUT2D eigenvalue weighted by Gasteiger charge is -2.39. The minimum absolute atomic E-state index is 0.138. The van der Waals surface area contributed by atoms with Gasteiger partial charge in [0.1, 0.15) is 0 Å². The molecule has 2 aromatic rings. The normalized spacial score (nSPS) is 24.7. The van der Waals surface area contributed by atoms with Crippen LogP contribution in [0.15, 0.2) is 54.6 Å². The summed E-state index contributed by atoms with van der Waals surface area (Å²) < 4.78 is 11.5. The number of ether oxygens (including phenoxy) is 2. The second kappa shape index (κ2) is 8.24. The summed E-state index contributed by atoms with van der Waals surface area (Å²) in [5.41, 5.74) is 2.14. The Balaban J connectivity index is 1.33. The van der Waals surface area contributed by atoms with Crippen molar-refractivity contribution in [3.63, 3.8) is 0 Å². The first-order valence-corrected chi connectivity index (χ1v) is 11.5. The van der Waals surface area contributed by atoms with Crippen LogP contribution in [-0.4, -0.2) is 60.2 Å². The van der Waals surface area contributed by atoms with E-state index in [2.05, 4.69) is 31.2 Å². The van der Waals surface area contributed by atoms with E-state index in [-0.39, 0.29) is 12.0 Å². The molecule has 1 spiro atoms. The van der Waals surface area contributed by atoms with Crippen molar-refractivity contribution in [2.75, 3.05) is 32.8 Å². The summed E-state index contributed by atoms with van der Waals surface area (Å²) in [6, 6.07) is 18.3. The number of hydrogen-bond acceptors (Lipinski definition) is 4. The molecule has 32 heavy (non-hydrogen) atoms. The minimum atomic E-state index is -0.610. The maximum absolute atomic E-state index is 13.9. The van der Waals surface area contributed by atoms with Crippen LogP contribution < -0.4 is 0 Å². The third-order valence-corrected chi connectivity index (χ3v) is 7.22. The van der Waals surface area contributed by atoms with Gasteiger partial charge in [0.2, 0.25) is 5.91 Å². The number of rotatable bonds is 4. The molecule has 0 radical (unpaired) electrons. The highest BCUT2D eigenvalue weighted by molar-refractivity contribution is 5.89. The molecule has 0 bridgehead atoms. The molecular formula is C26H30N2O4. The SMILES string of the molecule is Cc1ccc(C2(C(=O)N3CC[C@]4(CN(Cc5ccccc5)C(=O)O4)C3)CCOCC2)cc1. The number of carbonyl (C=O) groups excluding carboxylic acids is 2. The number of amides is 2. The van der Waals surface area contributed by atoms with Crippen LogP contribution in [0, 0.1) is 6.92 Å². The number of nitrogens with zero attached hydrogens (tertiary/aromatic N) is 2. The van der Waals surface area contributed by atoms with Gasteiger partial charge in [-0.25, -0.2) is 4.79 Å². The Morgan fingerprint density at radius 1 is 0.969 bits per heavy atom. The average molecular weight is 435 g/mol. The van der Waals surface area contributed by atoms with Crippen molar-refractivity contribution in [1.82, 2.24) is 9.80 Å². The Labute approximate surface area is 189 Å². The molecule has 6 nitrogen and oxygen atoms in total. The molecule has 3 aliphatic heterocycles. The highest BCUT2D eigenvalue weighted by Crippen LogP contribution is 2.40. The lowest BCUT2D eigenvalue weighted by atomic mass is 9.73. The first-order valence-electron chi connectivity index (χ1n) is 11.5. The zero-order valence-electron chi connectivity index (χ0n) is 18.6. The lowest BCUT2D eigenvalue weighted by Crippen LogP contribution is -2.50. The molecule has 3 heterocycles. The Morgan fingerprint density at radius 3 is 2.41 bits per heavy atom. The van der Waals surface area contributed by atoms with E-state index in [9.17, 15) is 9.59 Å². The smallest absolute Gasteiger partial charge is 0.410 e. The predicted octanol–water partition coefficient (Wildman–Crippen LogP) is 3.67. The Bertz CT molecular complexity index is 985. The Morgan fingerprint density at radius 2 is 1.69 bits per heavy atom. The summed E-state index contributed by atoms with van der Waals surface area (Å²) in [5.74, 6) is 0.138. The van der Waals surface area contributed by atoms with Crippen LogP contribution in [0.3, 0.4) is 0 Å². The second-order valence-electron chi connectivity index (χ2n) is 9.43. The van der Waals surface area contributed by atoms with Crippen molar-refractivity contribution in [1.29, 1.82) is 0 Å². The molecule has 0 aromatic heterocycles. The van der Waals surface area contributed by atoms with Crippen LogP contribution in [0.25, 0.3) is 0 Å². The molecule has 0 aliphatic carbocycles. The van der Waals surface area contributed by atoms with Gasteiger partial charge in [-0.1, -0.05) is 60.2 Å². The van der Waals surface area contributed by atoms with Gasteiger partial charge >= 0.3 is 6.09 Å². The highest BCUT2D eigenvalue weighted by atomic mass is 16.6. The number of benzene rings is 2. The number of likely N-dealkylation sites (tertiary alicyclic amines) is 1. The van der Waals surface area contributed by atoms with Crippen LogP contribution in [0.5, 0.6) is 0 Å². The van der Waals surface area contributed by atoms with Crippen molar-refractivity contribution < 1.29 is 19.1 Å². The second-order valence-corrected chi connectivity index (χ2v) is 9.43. The molecule has 6 heteroatoms. The van der Waals surface area contributed by atoms with Gasteiger partial charge in [0.15, 0.2) is 5.60 Å². The molecule has 5 rings (SSSR count). The van der Waals surface area contributed by atoms with Gasteiger partial charge in [0.25, 0.3) is 0 Å². The number of carbonyl (C=O) groups is 2. The van der Waals surface area contributed by atoms with E-state index < -0.39 is 11.0 Å². The van der Waals surface area contributed by atoms with Gasteiger partial charge in [0.05, 0.1) is 18.5 Å². The van der Waals surface area contributed by atoms with Crippen molar-refractivity contribution in [3.05, 3.63) is 71.3 Å². The third kappa shape index (κ3) is 3.77. The first-order chi connectivity index (χ1) is 15.5. The molecule has 1 atom stereocenters. The topological polar surface area (TPSA) is 59.1 Å². The Kier molecular flexibility index (Phi) is 5.41. The summed E-state index contributed by atoms with van der Waals surface area (Å²) in [7, 11) is 0. The quantitative estimate of drug-likeness (QED) is 0.737. The van der Waals surface area contributed by atoms with E-state index in [1.165, 1.54) is 5.56 Å². The van der Waals surface area contributed by atoms with Crippen LogP contribution in [0.2, 0.25) is 0 Å². The van der Waals surface area contributed by atoms with Crippen LogP contribution in [0.4, 0.5) is 4.79 Å². The minimum Gasteiger partial charge on any atom is -0.439 e. The summed E-state index contributed by atoms with van der Waals surface area (Å²) in [4.78, 5) is 30.2. The summed E-state index contributed by atoms with van der Waals surface area (Å²) in [6.45, 7) is 5.33. The van der Waals surface area contributed by atoms with Crippen LogP contribution in [0.1, 0.15) is 36.0 Å². The van der Waals surface area contributed by atoms with Crippen molar-refractivity contribution in [2.45, 2.75) is 43.7 Å². The molecule has 168 valence electrons. The van der Waals surface area contributed by atoms with E-state index in [0.29, 0.717) is 58.7 Å². The number of aryl methyl sites for hydroxylation is 1. The Hall–Kier alpha value is -2.86. The first kappa shape index (κ1) is 21.0. The molecule has 2 amide bonds. The van der Waals surface area contributed by atoms with Crippen molar-refractivity contribution in [2.24, 2.45) is 0 Å². The van der Waals surface area contributed by atoms with E-state index in [1.54, 1.807) is 4.90 Å². The zero-order valence-corrected chi connectivity index (χ0v) is 18.6. The summed E-state index contributed by atoms with van der Waals surface area (Å²) >= 11 is 0. The largest absolute Gasteiger partial charge is 0.439 e.